The van der Waals surface area contributed by atoms with Gasteiger partial charge in [-0.1, -0.05) is 0 Å². The minimum Gasteiger partial charge on any atom is -0.438 e. The second-order valence-corrected chi connectivity index (χ2v) is 4.27. The molecule has 2 amide bonds. The van der Waals surface area contributed by atoms with E-state index in [1.807, 2.05) is 4.90 Å². The summed E-state index contributed by atoms with van der Waals surface area (Å²) in [7, 11) is 0. The van der Waals surface area contributed by atoms with Crippen LogP contribution in [0.4, 0.5) is 10.7 Å². The Hall–Kier alpha value is -1.98. The fraction of sp³-hybridized carbons (Fsp3) is 0.455. The van der Waals surface area contributed by atoms with E-state index in [0.29, 0.717) is 31.0 Å². The summed E-state index contributed by atoms with van der Waals surface area (Å²) in [5, 5.41) is 2.82. The first-order valence-electron chi connectivity index (χ1n) is 5.62. The van der Waals surface area contributed by atoms with Crippen molar-refractivity contribution in [2.24, 2.45) is 0 Å². The van der Waals surface area contributed by atoms with Crippen LogP contribution in [0.25, 0.3) is 0 Å². The average molecular weight is 235 g/mol. The highest BCUT2D eigenvalue weighted by Crippen LogP contribution is 2.22. The van der Waals surface area contributed by atoms with E-state index in [2.05, 4.69) is 10.2 Å². The molecule has 6 heteroatoms. The lowest BCUT2D eigenvalue weighted by Gasteiger charge is -2.36. The molecule has 0 spiro atoms. The zero-order valence-electron chi connectivity index (χ0n) is 9.26. The Bertz CT molecular complexity index is 457. The minimum atomic E-state index is 0.0164. The zero-order valence-corrected chi connectivity index (χ0v) is 9.26. The van der Waals surface area contributed by atoms with Gasteiger partial charge in [-0.3, -0.25) is 4.79 Å². The van der Waals surface area contributed by atoms with E-state index >= 15 is 0 Å². The maximum absolute atomic E-state index is 11.4. The van der Waals surface area contributed by atoms with Gasteiger partial charge in [0.05, 0.1) is 6.04 Å². The third-order valence-corrected chi connectivity index (χ3v) is 3.27. The van der Waals surface area contributed by atoms with Crippen LogP contribution in [-0.4, -0.2) is 49.4 Å². The van der Waals surface area contributed by atoms with Crippen molar-refractivity contribution in [2.45, 2.75) is 6.04 Å². The van der Waals surface area contributed by atoms with Crippen molar-refractivity contribution in [3.05, 3.63) is 17.9 Å². The zero-order chi connectivity index (χ0) is 11.8. The van der Waals surface area contributed by atoms with Gasteiger partial charge >= 0.3 is 6.03 Å². The predicted molar refractivity (Wildman–Crippen MR) is 60.2 cm³/mol. The lowest BCUT2D eigenvalue weighted by molar-refractivity contribution is 0.110. The van der Waals surface area contributed by atoms with E-state index in [4.69, 9.17) is 4.42 Å². The summed E-state index contributed by atoms with van der Waals surface area (Å²) in [6, 6.07) is 3.67. The van der Waals surface area contributed by atoms with E-state index in [1.54, 1.807) is 12.1 Å². The van der Waals surface area contributed by atoms with Crippen molar-refractivity contribution in [3.63, 3.8) is 0 Å². The minimum absolute atomic E-state index is 0.0164. The van der Waals surface area contributed by atoms with Crippen LogP contribution in [0.15, 0.2) is 16.5 Å². The molecule has 0 aromatic carbocycles. The van der Waals surface area contributed by atoms with E-state index in [-0.39, 0.29) is 12.1 Å². The van der Waals surface area contributed by atoms with Crippen LogP contribution < -0.4 is 10.2 Å². The SMILES string of the molecule is O=Cc1ccc(N2CCN3C(=O)NCC3C2)o1. The molecule has 1 N–H and O–H groups in total. The highest BCUT2D eigenvalue weighted by atomic mass is 16.4. The number of carbonyl (C=O) groups is 2. The number of piperazine rings is 1. The summed E-state index contributed by atoms with van der Waals surface area (Å²) in [5.41, 5.74) is 0. The highest BCUT2D eigenvalue weighted by molar-refractivity contribution is 5.77. The van der Waals surface area contributed by atoms with Gasteiger partial charge in [0.2, 0.25) is 0 Å². The number of nitrogens with one attached hydrogen (secondary N) is 1. The van der Waals surface area contributed by atoms with Crippen LogP contribution in [-0.2, 0) is 0 Å². The monoisotopic (exact) mass is 235 g/mol. The van der Waals surface area contributed by atoms with Crippen LogP contribution in [0.3, 0.4) is 0 Å². The number of fused-ring (bicyclic) bond motifs is 1. The second-order valence-electron chi connectivity index (χ2n) is 4.27. The smallest absolute Gasteiger partial charge is 0.317 e. The molecule has 2 fully saturated rings. The van der Waals surface area contributed by atoms with Gasteiger partial charge < -0.3 is 19.5 Å². The van der Waals surface area contributed by atoms with E-state index in [0.717, 1.165) is 13.1 Å². The van der Waals surface area contributed by atoms with Crippen molar-refractivity contribution in [1.82, 2.24) is 10.2 Å². The molecular weight excluding hydrogens is 222 g/mol. The molecule has 17 heavy (non-hydrogen) atoms. The molecule has 3 rings (SSSR count). The van der Waals surface area contributed by atoms with Crippen molar-refractivity contribution >= 4 is 18.2 Å². The van der Waals surface area contributed by atoms with Crippen LogP contribution in [0, 0.1) is 0 Å². The molecular formula is C11H13N3O3. The number of hydrogen-bond acceptors (Lipinski definition) is 4. The van der Waals surface area contributed by atoms with E-state index in [9.17, 15) is 9.59 Å². The Morgan fingerprint density at radius 1 is 1.41 bits per heavy atom. The summed E-state index contributed by atoms with van der Waals surface area (Å²) in [6.45, 7) is 2.84. The van der Waals surface area contributed by atoms with Gasteiger partial charge in [0.15, 0.2) is 17.9 Å². The number of furan rings is 1. The van der Waals surface area contributed by atoms with Gasteiger partial charge in [-0.05, 0) is 6.07 Å². The molecule has 0 bridgehead atoms. The Labute approximate surface area is 98.2 Å². The Kier molecular flexibility index (Phi) is 2.28. The topological polar surface area (TPSA) is 65.8 Å². The van der Waals surface area contributed by atoms with Crippen LogP contribution in [0.5, 0.6) is 0 Å². The van der Waals surface area contributed by atoms with Crippen molar-refractivity contribution < 1.29 is 14.0 Å². The summed E-state index contributed by atoms with van der Waals surface area (Å²) < 4.78 is 5.38. The molecule has 0 saturated carbocycles. The first-order chi connectivity index (χ1) is 8.28. The molecule has 2 aliphatic heterocycles. The second kappa shape index (κ2) is 3.80. The van der Waals surface area contributed by atoms with Gasteiger partial charge in [-0.2, -0.15) is 0 Å². The first kappa shape index (κ1) is 10.2. The number of aldehydes is 1. The molecule has 1 aromatic rings. The summed E-state index contributed by atoms with van der Waals surface area (Å²) in [4.78, 5) is 25.9. The molecule has 6 nitrogen and oxygen atoms in total. The Balaban J connectivity index is 1.74. The Morgan fingerprint density at radius 3 is 3.06 bits per heavy atom. The summed E-state index contributed by atoms with van der Waals surface area (Å²) in [6.07, 6.45) is 0.695. The fourth-order valence-corrected chi connectivity index (χ4v) is 2.38. The molecule has 0 aliphatic carbocycles. The molecule has 2 saturated heterocycles. The fourth-order valence-electron chi connectivity index (χ4n) is 2.38. The molecule has 3 heterocycles. The Morgan fingerprint density at radius 2 is 2.29 bits per heavy atom. The van der Waals surface area contributed by atoms with Gasteiger partial charge in [0.1, 0.15) is 0 Å². The van der Waals surface area contributed by atoms with Crippen LogP contribution in [0.2, 0.25) is 0 Å². The molecule has 0 radical (unpaired) electrons. The van der Waals surface area contributed by atoms with Crippen molar-refractivity contribution in [2.75, 3.05) is 31.1 Å². The quantitative estimate of drug-likeness (QED) is 0.749. The number of hydrogen-bond donors (Lipinski definition) is 1. The maximum atomic E-state index is 11.4. The van der Waals surface area contributed by atoms with E-state index < -0.39 is 0 Å². The highest BCUT2D eigenvalue weighted by Gasteiger charge is 2.36. The molecule has 1 unspecified atom stereocenters. The van der Waals surface area contributed by atoms with Gasteiger partial charge in [0, 0.05) is 32.2 Å². The molecule has 1 atom stereocenters. The third-order valence-electron chi connectivity index (χ3n) is 3.27. The molecule has 1 aromatic heterocycles. The number of amides is 2. The number of urea groups is 1. The summed E-state index contributed by atoms with van der Waals surface area (Å²) in [5.74, 6) is 1.04. The largest absolute Gasteiger partial charge is 0.438 e. The number of rotatable bonds is 2. The molecule has 2 aliphatic rings. The average Bonchev–Trinajstić information content (AvgIpc) is 2.96. The lowest BCUT2D eigenvalue weighted by atomic mass is 10.2. The number of carbonyl (C=O) groups excluding carboxylic acids is 2. The lowest BCUT2D eigenvalue weighted by Crippen LogP contribution is -2.52. The normalized spacial score (nSPS) is 23.5. The number of anilines is 1. The summed E-state index contributed by atoms with van der Waals surface area (Å²) >= 11 is 0. The maximum Gasteiger partial charge on any atom is 0.317 e. The van der Waals surface area contributed by atoms with Crippen molar-refractivity contribution in [3.8, 4) is 0 Å². The van der Waals surface area contributed by atoms with Gasteiger partial charge in [-0.15, -0.1) is 0 Å². The third kappa shape index (κ3) is 1.65. The van der Waals surface area contributed by atoms with E-state index in [1.165, 1.54) is 0 Å². The van der Waals surface area contributed by atoms with Gasteiger partial charge in [0.25, 0.3) is 0 Å². The van der Waals surface area contributed by atoms with Crippen LogP contribution in [0.1, 0.15) is 10.6 Å². The standard InChI is InChI=1S/C11H13N3O3/c15-7-9-1-2-10(17-9)13-3-4-14-8(6-13)5-12-11(14)16/h1-2,7-8H,3-6H2,(H,12,16). The van der Waals surface area contributed by atoms with Crippen molar-refractivity contribution in [1.29, 1.82) is 0 Å². The van der Waals surface area contributed by atoms with Gasteiger partial charge in [-0.25, -0.2) is 4.79 Å². The van der Waals surface area contributed by atoms with Crippen LogP contribution >= 0.6 is 0 Å². The number of nitrogens with zero attached hydrogens (tertiary/aromatic N) is 2. The molecule has 90 valence electrons. The first-order valence-corrected chi connectivity index (χ1v) is 5.62. The predicted octanol–water partition coefficient (Wildman–Crippen LogP) is 0.306.